The molecule has 0 bridgehead atoms. The van der Waals surface area contributed by atoms with Gasteiger partial charge in [-0.25, -0.2) is 0 Å². The van der Waals surface area contributed by atoms with Crippen LogP contribution in [0.15, 0.2) is 21.9 Å². The monoisotopic (exact) mass is 377 g/mol. The highest BCUT2D eigenvalue weighted by atomic mass is 127. The van der Waals surface area contributed by atoms with Gasteiger partial charge in [-0.1, -0.05) is 22.6 Å². The zero-order valence-electron chi connectivity index (χ0n) is 10.4. The first kappa shape index (κ1) is 14.7. The van der Waals surface area contributed by atoms with Crippen molar-refractivity contribution in [3.8, 4) is 0 Å². The molecule has 0 spiro atoms. The largest absolute Gasteiger partial charge is 0.396 e. The van der Waals surface area contributed by atoms with Gasteiger partial charge in [0.15, 0.2) is 5.78 Å². The highest BCUT2D eigenvalue weighted by molar-refractivity contribution is 14.1. The third-order valence-electron chi connectivity index (χ3n) is 3.87. The van der Waals surface area contributed by atoms with Gasteiger partial charge in [0.25, 0.3) is 0 Å². The first-order chi connectivity index (χ1) is 9.06. The first-order valence-electron chi connectivity index (χ1n) is 6.09. The molecule has 2 atom stereocenters. The minimum Gasteiger partial charge on any atom is -0.396 e. The van der Waals surface area contributed by atoms with E-state index in [1.165, 1.54) is 4.90 Å². The van der Waals surface area contributed by atoms with Crippen LogP contribution in [0.25, 0.3) is 0 Å². The molecule has 2 aliphatic rings. The topological polar surface area (TPSA) is 77.8 Å². The van der Waals surface area contributed by atoms with Gasteiger partial charge in [-0.3, -0.25) is 9.59 Å². The van der Waals surface area contributed by atoms with E-state index in [0.29, 0.717) is 18.5 Å². The Labute approximate surface area is 125 Å². The molecule has 104 valence electrons. The number of aliphatic hydroxyl groups is 2. The zero-order valence-corrected chi connectivity index (χ0v) is 12.5. The number of rotatable bonds is 5. The number of allylic oxidation sites excluding steroid dienone is 2. The van der Waals surface area contributed by atoms with Gasteiger partial charge in [0.1, 0.15) is 0 Å². The lowest BCUT2D eigenvalue weighted by Crippen LogP contribution is -2.38. The maximum Gasteiger partial charge on any atom is 0.234 e. The normalized spacial score (nSPS) is 31.0. The first-order valence-corrected chi connectivity index (χ1v) is 7.34. The van der Waals surface area contributed by atoms with E-state index in [2.05, 4.69) is 0 Å². The average molecular weight is 377 g/mol. The summed E-state index contributed by atoms with van der Waals surface area (Å²) in [7, 11) is 0. The predicted molar refractivity (Wildman–Crippen MR) is 77.3 cm³/mol. The highest BCUT2D eigenvalue weighted by Crippen LogP contribution is 2.52. The zero-order chi connectivity index (χ0) is 14.0. The third-order valence-corrected chi connectivity index (χ3v) is 4.23. The van der Waals surface area contributed by atoms with E-state index in [-0.39, 0.29) is 37.2 Å². The van der Waals surface area contributed by atoms with Crippen LogP contribution in [0.5, 0.6) is 0 Å². The molecule has 1 aliphatic carbocycles. The van der Waals surface area contributed by atoms with E-state index in [4.69, 9.17) is 5.11 Å². The van der Waals surface area contributed by atoms with E-state index < -0.39 is 5.41 Å². The van der Waals surface area contributed by atoms with E-state index in [9.17, 15) is 14.7 Å². The molecule has 1 saturated carbocycles. The number of carbonyl (C=O) groups is 2. The Morgan fingerprint density at radius 1 is 1.47 bits per heavy atom. The summed E-state index contributed by atoms with van der Waals surface area (Å²) in [6.07, 6.45) is 3.80. The van der Waals surface area contributed by atoms with Gasteiger partial charge in [0.05, 0.1) is 13.0 Å². The number of Topliss-reactive ketones (excluding diaryl/α,β-unsaturated/α-hetero) is 1. The number of hydrogen-bond acceptors (Lipinski definition) is 4. The Kier molecular flexibility index (Phi) is 4.42. The molecule has 19 heavy (non-hydrogen) atoms. The number of halogens is 1. The van der Waals surface area contributed by atoms with Gasteiger partial charge in [-0.05, 0) is 22.5 Å². The summed E-state index contributed by atoms with van der Waals surface area (Å²) in [5.41, 5.74) is 0.101. The lowest BCUT2D eigenvalue weighted by molar-refractivity contribution is -0.134. The molecule has 0 aromatic heterocycles. The third kappa shape index (κ3) is 2.90. The van der Waals surface area contributed by atoms with Crippen LogP contribution >= 0.6 is 22.6 Å². The fraction of sp³-hybridized carbons (Fsp3) is 0.538. The Morgan fingerprint density at radius 3 is 2.74 bits per heavy atom. The van der Waals surface area contributed by atoms with Crippen molar-refractivity contribution < 1.29 is 19.8 Å². The second-order valence-electron chi connectivity index (χ2n) is 5.10. The summed E-state index contributed by atoms with van der Waals surface area (Å²) in [6.45, 7) is 0.326. The van der Waals surface area contributed by atoms with Gasteiger partial charge < -0.3 is 15.1 Å². The Morgan fingerprint density at radius 2 is 2.21 bits per heavy atom. The molecule has 1 heterocycles. The fourth-order valence-corrected chi connectivity index (χ4v) is 2.84. The van der Waals surface area contributed by atoms with Crippen molar-refractivity contribution in [2.45, 2.75) is 12.8 Å². The van der Waals surface area contributed by atoms with Gasteiger partial charge >= 0.3 is 0 Å². The number of amides is 1. The van der Waals surface area contributed by atoms with Gasteiger partial charge in [-0.15, -0.1) is 0 Å². The van der Waals surface area contributed by atoms with E-state index in [1.54, 1.807) is 16.4 Å². The van der Waals surface area contributed by atoms with Crippen LogP contribution in [0.3, 0.4) is 0 Å². The van der Waals surface area contributed by atoms with E-state index >= 15 is 0 Å². The summed E-state index contributed by atoms with van der Waals surface area (Å²) in [5.74, 6) is -0.381. The molecule has 6 heteroatoms. The minimum atomic E-state index is -0.402. The molecule has 2 N–H and O–H groups in total. The average Bonchev–Trinajstić information content (AvgIpc) is 3.09. The number of carbonyl (C=O) groups excluding carboxylic acids is 2. The maximum absolute atomic E-state index is 11.9. The summed E-state index contributed by atoms with van der Waals surface area (Å²) >= 11 is 2.02. The van der Waals surface area contributed by atoms with Crippen molar-refractivity contribution in [3.63, 3.8) is 0 Å². The van der Waals surface area contributed by atoms with Crippen LogP contribution in [0.1, 0.15) is 12.8 Å². The lowest BCUT2D eigenvalue weighted by Gasteiger charge is -2.27. The second-order valence-corrected chi connectivity index (χ2v) is 5.82. The summed E-state index contributed by atoms with van der Waals surface area (Å²) < 4.78 is 1.73. The van der Waals surface area contributed by atoms with Gasteiger partial charge in [0.2, 0.25) is 5.91 Å². The Bertz CT molecular complexity index is 460. The Hall–Kier alpha value is -0.730. The molecule has 1 amide bonds. The second kappa shape index (κ2) is 5.72. The molecular weight excluding hydrogens is 361 g/mol. The molecule has 0 aromatic rings. The van der Waals surface area contributed by atoms with Crippen LogP contribution in [-0.2, 0) is 9.59 Å². The molecule has 2 rings (SSSR count). The van der Waals surface area contributed by atoms with E-state index in [1.807, 2.05) is 22.6 Å². The van der Waals surface area contributed by atoms with Crippen molar-refractivity contribution in [3.05, 3.63) is 21.9 Å². The van der Waals surface area contributed by atoms with Gasteiger partial charge in [0, 0.05) is 30.3 Å². The summed E-state index contributed by atoms with van der Waals surface area (Å²) in [5, 5.41) is 18.6. The van der Waals surface area contributed by atoms with Crippen LogP contribution in [0.4, 0.5) is 0 Å². The minimum absolute atomic E-state index is 0.0196. The van der Waals surface area contributed by atoms with Crippen LogP contribution in [-0.4, -0.2) is 46.6 Å². The predicted octanol–water partition coefficient (Wildman–Crippen LogP) is 0.611. The molecule has 0 saturated heterocycles. The smallest absolute Gasteiger partial charge is 0.234 e. The van der Waals surface area contributed by atoms with Gasteiger partial charge in [-0.2, -0.15) is 0 Å². The SMILES string of the molecule is O=C1CC(=O)N(C[C@]2(CO)C[C@H]2CO)C=C1/C=C/I. The standard InChI is InChI=1S/C13H16INO4/c14-2-1-9-5-15(12(19)3-11(9)18)7-13(8-17)4-10(13)6-16/h1-2,5,10,16-17H,3-4,6-8H2/b2-1+/t10-,13-/m0/s1. The molecule has 5 nitrogen and oxygen atoms in total. The number of aliphatic hydroxyl groups excluding tert-OH is 2. The van der Waals surface area contributed by atoms with Crippen LogP contribution < -0.4 is 0 Å². The summed E-state index contributed by atoms with van der Waals surface area (Å²) in [4.78, 5) is 25.0. The number of nitrogens with zero attached hydrogens (tertiary/aromatic N) is 1. The Balaban J connectivity index is 2.15. The van der Waals surface area contributed by atoms with Crippen LogP contribution in [0.2, 0.25) is 0 Å². The quantitative estimate of drug-likeness (QED) is 0.544. The van der Waals surface area contributed by atoms with Crippen molar-refractivity contribution in [2.75, 3.05) is 19.8 Å². The van der Waals surface area contributed by atoms with Crippen molar-refractivity contribution in [1.29, 1.82) is 0 Å². The maximum atomic E-state index is 11.9. The molecule has 0 unspecified atom stereocenters. The highest BCUT2D eigenvalue weighted by Gasteiger charge is 2.54. The van der Waals surface area contributed by atoms with Crippen molar-refractivity contribution in [2.24, 2.45) is 11.3 Å². The fourth-order valence-electron chi connectivity index (χ4n) is 2.46. The molecule has 0 aromatic carbocycles. The summed E-state index contributed by atoms with van der Waals surface area (Å²) in [6, 6.07) is 0. The van der Waals surface area contributed by atoms with E-state index in [0.717, 1.165) is 0 Å². The molecule has 1 fully saturated rings. The molecule has 1 aliphatic heterocycles. The van der Waals surface area contributed by atoms with Crippen molar-refractivity contribution in [1.82, 2.24) is 4.90 Å². The molecule has 0 radical (unpaired) electrons. The molecular formula is C13H16INO4. The van der Waals surface area contributed by atoms with Crippen LogP contribution in [0, 0.1) is 11.3 Å². The van der Waals surface area contributed by atoms with Crippen molar-refractivity contribution >= 4 is 34.3 Å². The number of ketones is 1. The number of hydrogen-bond donors (Lipinski definition) is 2. The lowest BCUT2D eigenvalue weighted by atomic mass is 10.0.